The summed E-state index contributed by atoms with van der Waals surface area (Å²) in [5.41, 5.74) is 1.20. The van der Waals surface area contributed by atoms with E-state index in [1.165, 1.54) is 5.56 Å². The third-order valence-electron chi connectivity index (χ3n) is 0.779. The minimum atomic E-state index is 0. The number of pyridine rings is 1. The SMILES string of the molecule is Cc1c[c-]ncc1.[W]. The molecule has 0 bridgehead atoms. The molecule has 1 heterocycles. The van der Waals surface area contributed by atoms with Gasteiger partial charge in [0.15, 0.2) is 0 Å². The van der Waals surface area contributed by atoms with E-state index in [1.54, 1.807) is 6.20 Å². The van der Waals surface area contributed by atoms with Gasteiger partial charge in [0, 0.05) is 21.1 Å². The molecule has 0 N–H and O–H groups in total. The van der Waals surface area contributed by atoms with Crippen LogP contribution in [0, 0.1) is 13.1 Å². The van der Waals surface area contributed by atoms with Crippen LogP contribution in [0.1, 0.15) is 5.56 Å². The summed E-state index contributed by atoms with van der Waals surface area (Å²) in [5.74, 6) is 0. The van der Waals surface area contributed by atoms with Gasteiger partial charge in [-0.05, 0) is 0 Å². The molecule has 0 radical (unpaired) electrons. The Morgan fingerprint density at radius 1 is 1.62 bits per heavy atom. The van der Waals surface area contributed by atoms with Crippen LogP contribution in [-0.4, -0.2) is 4.98 Å². The Bertz CT molecular complexity index is 138. The molecule has 0 aromatic carbocycles. The smallest absolute Gasteiger partial charge is 0 e. The van der Waals surface area contributed by atoms with Crippen LogP contribution >= 0.6 is 0 Å². The predicted molar refractivity (Wildman–Crippen MR) is 27.8 cm³/mol. The normalized spacial score (nSPS) is 7.62. The molecule has 1 rings (SSSR count). The van der Waals surface area contributed by atoms with E-state index in [9.17, 15) is 0 Å². The van der Waals surface area contributed by atoms with Gasteiger partial charge in [-0.15, -0.1) is 0 Å². The first-order valence-electron chi connectivity index (χ1n) is 2.18. The van der Waals surface area contributed by atoms with E-state index in [-0.39, 0.29) is 21.1 Å². The van der Waals surface area contributed by atoms with Crippen molar-refractivity contribution in [3.8, 4) is 0 Å². The van der Waals surface area contributed by atoms with Crippen molar-refractivity contribution in [3.63, 3.8) is 0 Å². The monoisotopic (exact) mass is 276 g/mol. The van der Waals surface area contributed by atoms with Gasteiger partial charge in [-0.1, -0.05) is 19.3 Å². The average molecular weight is 276 g/mol. The van der Waals surface area contributed by atoms with E-state index in [1.807, 2.05) is 19.1 Å². The first kappa shape index (κ1) is 7.84. The van der Waals surface area contributed by atoms with E-state index in [2.05, 4.69) is 11.2 Å². The molecule has 42 valence electrons. The van der Waals surface area contributed by atoms with Gasteiger partial charge in [0.2, 0.25) is 0 Å². The largest absolute Gasteiger partial charge is 0.394 e. The van der Waals surface area contributed by atoms with Crippen molar-refractivity contribution in [2.45, 2.75) is 6.92 Å². The molecule has 0 aliphatic rings. The Morgan fingerprint density at radius 2 is 2.38 bits per heavy atom. The van der Waals surface area contributed by atoms with Crippen molar-refractivity contribution in [1.29, 1.82) is 0 Å². The van der Waals surface area contributed by atoms with Crippen LogP contribution in [0.5, 0.6) is 0 Å². The van der Waals surface area contributed by atoms with Gasteiger partial charge in [-0.2, -0.15) is 17.7 Å². The van der Waals surface area contributed by atoms with Gasteiger partial charge in [-0.25, -0.2) is 0 Å². The molecule has 0 aliphatic heterocycles. The summed E-state index contributed by atoms with van der Waals surface area (Å²) in [6.45, 7) is 2.01. The van der Waals surface area contributed by atoms with Crippen molar-refractivity contribution in [2.24, 2.45) is 0 Å². The van der Waals surface area contributed by atoms with Crippen LogP contribution in [0.4, 0.5) is 0 Å². The fourth-order valence-corrected chi connectivity index (χ4v) is 0.385. The molecule has 1 nitrogen and oxygen atoms in total. The molecule has 2 heteroatoms. The number of nitrogens with zero attached hydrogens (tertiary/aromatic N) is 1. The zero-order valence-corrected chi connectivity index (χ0v) is 7.52. The summed E-state index contributed by atoms with van der Waals surface area (Å²) in [7, 11) is 0. The van der Waals surface area contributed by atoms with Crippen molar-refractivity contribution in [1.82, 2.24) is 4.98 Å². The standard InChI is InChI=1S/C6H6N.W/c1-6-2-4-7-5-3-6;/h2-4H,1H3;/q-1;. The fourth-order valence-electron chi connectivity index (χ4n) is 0.385. The van der Waals surface area contributed by atoms with Gasteiger partial charge < -0.3 is 4.98 Å². The Balaban J connectivity index is 0.000000490. The third-order valence-corrected chi connectivity index (χ3v) is 0.779. The molecule has 1 aromatic heterocycles. The minimum absolute atomic E-state index is 0. The molecule has 0 fully saturated rings. The summed E-state index contributed by atoms with van der Waals surface area (Å²) in [4.78, 5) is 3.72. The first-order chi connectivity index (χ1) is 3.39. The number of hydrogen-bond acceptors (Lipinski definition) is 1. The van der Waals surface area contributed by atoms with Crippen LogP contribution in [0.25, 0.3) is 0 Å². The van der Waals surface area contributed by atoms with Gasteiger partial charge in [0.1, 0.15) is 0 Å². The van der Waals surface area contributed by atoms with Crippen LogP contribution in [-0.2, 0) is 21.1 Å². The summed E-state index contributed by atoms with van der Waals surface area (Å²) in [6, 6.07) is 3.79. The van der Waals surface area contributed by atoms with Crippen LogP contribution in [0.15, 0.2) is 18.3 Å². The fraction of sp³-hybridized carbons (Fsp3) is 0.167. The Hall–Kier alpha value is -0.162. The van der Waals surface area contributed by atoms with Crippen LogP contribution in [0.3, 0.4) is 0 Å². The number of rotatable bonds is 0. The second-order valence-corrected chi connectivity index (χ2v) is 1.46. The number of aryl methyl sites for hydroxylation is 1. The molecule has 0 saturated heterocycles. The maximum atomic E-state index is 3.72. The van der Waals surface area contributed by atoms with Crippen molar-refractivity contribution >= 4 is 0 Å². The zero-order valence-electron chi connectivity index (χ0n) is 4.59. The summed E-state index contributed by atoms with van der Waals surface area (Å²) < 4.78 is 0. The van der Waals surface area contributed by atoms with Crippen molar-refractivity contribution in [3.05, 3.63) is 30.1 Å². The van der Waals surface area contributed by atoms with E-state index in [0.29, 0.717) is 0 Å². The second kappa shape index (κ2) is 3.79. The quantitative estimate of drug-likeness (QED) is 0.649. The molecule has 8 heavy (non-hydrogen) atoms. The molecule has 0 amide bonds. The summed E-state index contributed by atoms with van der Waals surface area (Å²) in [6.07, 6.45) is 4.44. The molecule has 0 saturated carbocycles. The topological polar surface area (TPSA) is 12.9 Å². The average Bonchev–Trinajstić information content (AvgIpc) is 1.69. The number of hydrogen-bond donors (Lipinski definition) is 0. The molecular weight excluding hydrogens is 270 g/mol. The maximum absolute atomic E-state index is 3.72. The van der Waals surface area contributed by atoms with E-state index < -0.39 is 0 Å². The Kier molecular flexibility index (Phi) is 3.72. The summed E-state index contributed by atoms with van der Waals surface area (Å²) >= 11 is 0. The minimum Gasteiger partial charge on any atom is -0.394 e. The van der Waals surface area contributed by atoms with Gasteiger partial charge in [-0.3, -0.25) is 0 Å². The van der Waals surface area contributed by atoms with Gasteiger partial charge in [0.05, 0.1) is 0 Å². The van der Waals surface area contributed by atoms with Crippen LogP contribution < -0.4 is 0 Å². The van der Waals surface area contributed by atoms with E-state index in [4.69, 9.17) is 0 Å². The molecular formula is C6H6NW-. The molecule has 0 atom stereocenters. The maximum Gasteiger partial charge on any atom is 0 e. The van der Waals surface area contributed by atoms with E-state index in [0.717, 1.165) is 0 Å². The summed E-state index contributed by atoms with van der Waals surface area (Å²) in [5, 5.41) is 0. The second-order valence-electron chi connectivity index (χ2n) is 1.46. The number of aromatic nitrogens is 1. The third kappa shape index (κ3) is 2.22. The van der Waals surface area contributed by atoms with Gasteiger partial charge in [0.25, 0.3) is 0 Å². The predicted octanol–water partition coefficient (Wildman–Crippen LogP) is 1.19. The molecule has 0 unspecified atom stereocenters. The molecule has 0 aliphatic carbocycles. The zero-order chi connectivity index (χ0) is 5.11. The Morgan fingerprint density at radius 3 is 2.62 bits per heavy atom. The van der Waals surface area contributed by atoms with E-state index >= 15 is 0 Å². The first-order valence-corrected chi connectivity index (χ1v) is 2.18. The van der Waals surface area contributed by atoms with Crippen molar-refractivity contribution in [2.75, 3.05) is 0 Å². The van der Waals surface area contributed by atoms with Gasteiger partial charge >= 0.3 is 0 Å². The molecule has 0 spiro atoms. The van der Waals surface area contributed by atoms with Crippen LogP contribution in [0.2, 0.25) is 0 Å². The molecule has 1 aromatic rings. The Labute approximate surface area is 63.4 Å². The van der Waals surface area contributed by atoms with Crippen molar-refractivity contribution < 1.29 is 21.1 Å².